The van der Waals surface area contributed by atoms with E-state index in [9.17, 15) is 4.79 Å². The number of hydrogen-bond donors (Lipinski definition) is 1. The number of rotatable bonds is 3. The molecule has 1 aromatic carbocycles. The molecule has 1 aromatic heterocycles. The van der Waals surface area contributed by atoms with Crippen LogP contribution in [0.15, 0.2) is 28.7 Å². The number of para-hydroxylation sites is 2. The molecule has 1 atom stereocenters. The van der Waals surface area contributed by atoms with E-state index >= 15 is 0 Å². The molecular formula is C17H21N3O2. The van der Waals surface area contributed by atoms with Crippen LogP contribution in [0, 0.1) is 0 Å². The Hall–Kier alpha value is -2.04. The van der Waals surface area contributed by atoms with E-state index < -0.39 is 0 Å². The number of aromatic nitrogens is 1. The van der Waals surface area contributed by atoms with Gasteiger partial charge in [-0.1, -0.05) is 25.0 Å². The molecule has 1 aliphatic heterocycles. The summed E-state index contributed by atoms with van der Waals surface area (Å²) in [4.78, 5) is 19.1. The molecule has 5 nitrogen and oxygen atoms in total. The average molecular weight is 299 g/mol. The SMILES string of the molecule is O=C(NC1CCCC1)C1CCCN1c1nc2ccccc2o1. The second kappa shape index (κ2) is 5.63. The molecule has 1 saturated heterocycles. The fourth-order valence-corrected chi connectivity index (χ4v) is 3.62. The highest BCUT2D eigenvalue weighted by Gasteiger charge is 2.34. The van der Waals surface area contributed by atoms with Gasteiger partial charge in [0.1, 0.15) is 11.6 Å². The van der Waals surface area contributed by atoms with Crippen LogP contribution in [0.25, 0.3) is 11.1 Å². The summed E-state index contributed by atoms with van der Waals surface area (Å²) in [5.74, 6) is 0.131. The third-order valence-corrected chi connectivity index (χ3v) is 4.79. The summed E-state index contributed by atoms with van der Waals surface area (Å²) >= 11 is 0. The maximum atomic E-state index is 12.6. The third kappa shape index (κ3) is 2.45. The van der Waals surface area contributed by atoms with Crippen LogP contribution in [-0.4, -0.2) is 29.5 Å². The Labute approximate surface area is 129 Å². The summed E-state index contributed by atoms with van der Waals surface area (Å²) in [5, 5.41) is 3.20. The van der Waals surface area contributed by atoms with Crippen molar-refractivity contribution in [3.8, 4) is 0 Å². The predicted octanol–water partition coefficient (Wildman–Crippen LogP) is 2.86. The van der Waals surface area contributed by atoms with E-state index in [1.165, 1.54) is 12.8 Å². The first-order valence-corrected chi connectivity index (χ1v) is 8.24. The monoisotopic (exact) mass is 299 g/mol. The Morgan fingerprint density at radius 1 is 1.18 bits per heavy atom. The van der Waals surface area contributed by atoms with Crippen LogP contribution in [-0.2, 0) is 4.79 Å². The molecule has 2 fully saturated rings. The van der Waals surface area contributed by atoms with Gasteiger partial charge in [0, 0.05) is 12.6 Å². The normalized spacial score (nSPS) is 22.5. The molecule has 1 N–H and O–H groups in total. The topological polar surface area (TPSA) is 58.4 Å². The summed E-state index contributed by atoms with van der Waals surface area (Å²) in [5.41, 5.74) is 1.62. The minimum Gasteiger partial charge on any atom is -0.423 e. The molecule has 0 radical (unpaired) electrons. The van der Waals surface area contributed by atoms with Gasteiger partial charge in [-0.3, -0.25) is 4.79 Å². The number of oxazole rings is 1. The summed E-state index contributed by atoms with van der Waals surface area (Å²) in [6.07, 6.45) is 6.55. The molecule has 2 aromatic rings. The molecule has 0 bridgehead atoms. The molecule has 116 valence electrons. The fraction of sp³-hybridized carbons (Fsp3) is 0.529. The molecule has 1 aliphatic carbocycles. The molecular weight excluding hydrogens is 278 g/mol. The number of benzene rings is 1. The van der Waals surface area contributed by atoms with Crippen LogP contribution in [0.3, 0.4) is 0 Å². The van der Waals surface area contributed by atoms with Gasteiger partial charge in [0.05, 0.1) is 0 Å². The van der Waals surface area contributed by atoms with E-state index in [0.29, 0.717) is 12.1 Å². The highest BCUT2D eigenvalue weighted by atomic mass is 16.4. The number of nitrogens with zero attached hydrogens (tertiary/aromatic N) is 2. The van der Waals surface area contributed by atoms with E-state index in [2.05, 4.69) is 10.3 Å². The van der Waals surface area contributed by atoms with Crippen molar-refractivity contribution in [2.75, 3.05) is 11.4 Å². The molecule has 2 heterocycles. The molecule has 1 saturated carbocycles. The maximum absolute atomic E-state index is 12.6. The Balaban J connectivity index is 1.53. The van der Waals surface area contributed by atoms with E-state index in [4.69, 9.17) is 4.42 Å². The zero-order chi connectivity index (χ0) is 14.9. The molecule has 22 heavy (non-hydrogen) atoms. The molecule has 5 heteroatoms. The zero-order valence-electron chi connectivity index (χ0n) is 12.6. The van der Waals surface area contributed by atoms with Crippen LogP contribution in [0.2, 0.25) is 0 Å². The first-order valence-electron chi connectivity index (χ1n) is 8.24. The Kier molecular flexibility index (Phi) is 3.48. The Bertz CT molecular complexity index is 642. The minimum absolute atomic E-state index is 0.131. The molecule has 2 aliphatic rings. The van der Waals surface area contributed by atoms with E-state index in [1.54, 1.807) is 0 Å². The van der Waals surface area contributed by atoms with Crippen molar-refractivity contribution in [2.24, 2.45) is 0 Å². The van der Waals surface area contributed by atoms with Crippen molar-refractivity contribution < 1.29 is 9.21 Å². The predicted molar refractivity (Wildman–Crippen MR) is 84.8 cm³/mol. The molecule has 0 spiro atoms. The van der Waals surface area contributed by atoms with Crippen molar-refractivity contribution >= 4 is 23.0 Å². The first kappa shape index (κ1) is 13.6. The van der Waals surface area contributed by atoms with Gasteiger partial charge in [-0.15, -0.1) is 0 Å². The van der Waals surface area contributed by atoms with Gasteiger partial charge in [-0.2, -0.15) is 4.98 Å². The quantitative estimate of drug-likeness (QED) is 0.947. The molecule has 1 amide bonds. The maximum Gasteiger partial charge on any atom is 0.299 e. The lowest BCUT2D eigenvalue weighted by Crippen LogP contribution is -2.46. The highest BCUT2D eigenvalue weighted by Crippen LogP contribution is 2.29. The van der Waals surface area contributed by atoms with Gasteiger partial charge in [0.2, 0.25) is 5.91 Å². The lowest BCUT2D eigenvalue weighted by Gasteiger charge is -2.23. The van der Waals surface area contributed by atoms with Crippen molar-refractivity contribution in [2.45, 2.75) is 50.6 Å². The zero-order valence-corrected chi connectivity index (χ0v) is 12.6. The number of anilines is 1. The summed E-state index contributed by atoms with van der Waals surface area (Å²) in [6.45, 7) is 0.829. The number of carbonyl (C=O) groups excluding carboxylic acids is 1. The third-order valence-electron chi connectivity index (χ3n) is 4.79. The molecule has 1 unspecified atom stereocenters. The van der Waals surface area contributed by atoms with E-state index in [1.807, 2.05) is 29.2 Å². The average Bonchev–Trinajstić information content (AvgIpc) is 3.26. The Morgan fingerprint density at radius 3 is 2.82 bits per heavy atom. The highest BCUT2D eigenvalue weighted by molar-refractivity contribution is 5.86. The number of nitrogens with one attached hydrogen (secondary N) is 1. The van der Waals surface area contributed by atoms with Gasteiger partial charge >= 0.3 is 0 Å². The Morgan fingerprint density at radius 2 is 2.00 bits per heavy atom. The number of carbonyl (C=O) groups is 1. The minimum atomic E-state index is -0.145. The standard InChI is InChI=1S/C17H21N3O2/c21-16(18-12-6-1-2-7-12)14-9-5-11-20(14)17-19-13-8-3-4-10-15(13)22-17/h3-4,8,10,12,14H,1-2,5-7,9,11H2,(H,18,21). The van der Waals surface area contributed by atoms with Crippen molar-refractivity contribution in [1.82, 2.24) is 10.3 Å². The summed E-state index contributed by atoms with van der Waals surface area (Å²) in [6, 6.07) is 8.52. The smallest absolute Gasteiger partial charge is 0.299 e. The van der Waals surface area contributed by atoms with Crippen molar-refractivity contribution in [3.05, 3.63) is 24.3 Å². The van der Waals surface area contributed by atoms with Crippen LogP contribution in [0.4, 0.5) is 6.01 Å². The van der Waals surface area contributed by atoms with Gasteiger partial charge in [-0.25, -0.2) is 0 Å². The second-order valence-corrected chi connectivity index (χ2v) is 6.31. The largest absolute Gasteiger partial charge is 0.423 e. The first-order chi connectivity index (χ1) is 10.8. The van der Waals surface area contributed by atoms with Crippen molar-refractivity contribution in [3.63, 3.8) is 0 Å². The van der Waals surface area contributed by atoms with Crippen LogP contribution in [0.1, 0.15) is 38.5 Å². The second-order valence-electron chi connectivity index (χ2n) is 6.31. The van der Waals surface area contributed by atoms with Gasteiger partial charge in [-0.05, 0) is 37.8 Å². The van der Waals surface area contributed by atoms with Gasteiger partial charge in [0.25, 0.3) is 6.01 Å². The van der Waals surface area contributed by atoms with Crippen LogP contribution in [0.5, 0.6) is 0 Å². The van der Waals surface area contributed by atoms with E-state index in [-0.39, 0.29) is 11.9 Å². The lowest BCUT2D eigenvalue weighted by molar-refractivity contribution is -0.122. The number of amides is 1. The van der Waals surface area contributed by atoms with Crippen LogP contribution >= 0.6 is 0 Å². The number of fused-ring (bicyclic) bond motifs is 1. The summed E-state index contributed by atoms with van der Waals surface area (Å²) in [7, 11) is 0. The van der Waals surface area contributed by atoms with Gasteiger partial charge < -0.3 is 14.6 Å². The number of hydrogen-bond acceptors (Lipinski definition) is 4. The molecule has 4 rings (SSSR count). The van der Waals surface area contributed by atoms with Crippen LogP contribution < -0.4 is 10.2 Å². The van der Waals surface area contributed by atoms with E-state index in [0.717, 1.165) is 43.3 Å². The van der Waals surface area contributed by atoms with Gasteiger partial charge in [0.15, 0.2) is 5.58 Å². The van der Waals surface area contributed by atoms with Crippen molar-refractivity contribution in [1.29, 1.82) is 0 Å². The lowest BCUT2D eigenvalue weighted by atomic mass is 10.2. The summed E-state index contributed by atoms with van der Waals surface area (Å²) < 4.78 is 5.84. The fourth-order valence-electron chi connectivity index (χ4n) is 3.62.